The number of thiophene rings is 1. The minimum Gasteiger partial charge on any atom is -0.446 e. The number of hydrogen-bond donors (Lipinski definition) is 4. The first-order valence-electron chi connectivity index (χ1n) is 11.3. The van der Waals surface area contributed by atoms with E-state index in [4.69, 9.17) is 4.74 Å². The van der Waals surface area contributed by atoms with Gasteiger partial charge < -0.3 is 25.6 Å². The van der Waals surface area contributed by atoms with E-state index in [2.05, 4.69) is 17.6 Å². The normalized spacial score (nSPS) is 35.1. The van der Waals surface area contributed by atoms with Crippen LogP contribution in [0.3, 0.4) is 0 Å². The van der Waals surface area contributed by atoms with Gasteiger partial charge in [-0.1, -0.05) is 19.9 Å². The summed E-state index contributed by atoms with van der Waals surface area (Å²) in [6, 6.07) is 3.94. The molecule has 2 saturated carbocycles. The Labute approximate surface area is 188 Å². The molecule has 0 bridgehead atoms. The van der Waals surface area contributed by atoms with E-state index in [1.807, 2.05) is 31.4 Å². The number of nitrogens with one attached hydrogen (secondary N) is 2. The molecule has 2 amide bonds. The molecule has 3 rings (SSSR count). The molecule has 8 heteroatoms. The van der Waals surface area contributed by atoms with Gasteiger partial charge in [0.1, 0.15) is 6.10 Å². The van der Waals surface area contributed by atoms with E-state index in [0.717, 1.165) is 17.7 Å². The Balaban J connectivity index is 1.74. The first kappa shape index (κ1) is 24.0. The van der Waals surface area contributed by atoms with Crippen LogP contribution in [0.1, 0.15) is 57.8 Å². The molecule has 31 heavy (non-hydrogen) atoms. The maximum absolute atomic E-state index is 12.7. The summed E-state index contributed by atoms with van der Waals surface area (Å²) in [5.74, 6) is -0.228. The fraction of sp³-hybridized carbons (Fsp3) is 0.739. The Morgan fingerprint density at radius 2 is 2.03 bits per heavy atom. The first-order chi connectivity index (χ1) is 14.7. The Morgan fingerprint density at radius 3 is 2.68 bits per heavy atom. The molecule has 2 aliphatic rings. The van der Waals surface area contributed by atoms with E-state index in [1.54, 1.807) is 11.3 Å². The topological polar surface area (TPSA) is 108 Å². The van der Waals surface area contributed by atoms with Gasteiger partial charge in [0.25, 0.3) is 0 Å². The van der Waals surface area contributed by atoms with Crippen molar-refractivity contribution in [3.63, 3.8) is 0 Å². The molecule has 1 aromatic rings. The summed E-state index contributed by atoms with van der Waals surface area (Å²) in [5, 5.41) is 28.9. The Kier molecular flexibility index (Phi) is 7.65. The number of amides is 2. The molecule has 0 aromatic carbocycles. The summed E-state index contributed by atoms with van der Waals surface area (Å²) in [5.41, 5.74) is -0.944. The third-order valence-corrected chi connectivity index (χ3v) is 8.57. The van der Waals surface area contributed by atoms with Crippen molar-refractivity contribution >= 4 is 23.3 Å². The average molecular weight is 453 g/mol. The standard InChI is InChI=1S/C23H36N2O5S/c1-4-24-21(29)30-19-9-10-22(2)16(12-20(28)25-13-15-6-5-11-31-15)17(27)7-8-18(22)23(19,3)14-26/h5-6,11,16-19,26-27H,4,7-10,12-14H2,1-3H3,(H,24,29)(H,25,28). The Morgan fingerprint density at radius 1 is 1.26 bits per heavy atom. The highest BCUT2D eigenvalue weighted by molar-refractivity contribution is 7.09. The number of aliphatic hydroxyl groups is 2. The van der Waals surface area contributed by atoms with E-state index in [-0.39, 0.29) is 36.2 Å². The van der Waals surface area contributed by atoms with Crippen molar-refractivity contribution in [1.82, 2.24) is 10.6 Å². The summed E-state index contributed by atoms with van der Waals surface area (Å²) in [6.07, 6.45) is 1.48. The molecule has 1 heterocycles. The van der Waals surface area contributed by atoms with Gasteiger partial charge in [-0.25, -0.2) is 4.79 Å². The smallest absolute Gasteiger partial charge is 0.407 e. The van der Waals surface area contributed by atoms with Crippen LogP contribution in [0.15, 0.2) is 17.5 Å². The van der Waals surface area contributed by atoms with Gasteiger partial charge in [0, 0.05) is 23.3 Å². The Bertz CT molecular complexity index is 757. The van der Waals surface area contributed by atoms with Crippen molar-refractivity contribution in [2.24, 2.45) is 22.7 Å². The number of carbonyl (C=O) groups is 2. The SMILES string of the molecule is CCNC(=O)OC1CCC2(C)C(CC(=O)NCc3cccs3)C(O)CCC2C1(C)CO. The van der Waals surface area contributed by atoms with Gasteiger partial charge in [-0.15, -0.1) is 11.3 Å². The lowest BCUT2D eigenvalue weighted by molar-refractivity contribution is -0.185. The molecular formula is C23H36N2O5S. The molecule has 174 valence electrons. The maximum Gasteiger partial charge on any atom is 0.407 e. The van der Waals surface area contributed by atoms with Crippen LogP contribution in [0, 0.1) is 22.7 Å². The van der Waals surface area contributed by atoms with E-state index in [9.17, 15) is 19.8 Å². The molecule has 4 N–H and O–H groups in total. The van der Waals surface area contributed by atoms with Crippen molar-refractivity contribution < 1.29 is 24.5 Å². The minimum atomic E-state index is -0.621. The number of carbonyl (C=O) groups excluding carboxylic acids is 2. The lowest BCUT2D eigenvalue weighted by atomic mass is 9.46. The molecule has 7 nitrogen and oxygen atoms in total. The van der Waals surface area contributed by atoms with Gasteiger partial charge in [-0.3, -0.25) is 4.79 Å². The highest BCUT2D eigenvalue weighted by Crippen LogP contribution is 2.61. The average Bonchev–Trinajstić information content (AvgIpc) is 3.25. The summed E-state index contributed by atoms with van der Waals surface area (Å²) in [4.78, 5) is 25.9. The maximum atomic E-state index is 12.7. The number of aliphatic hydroxyl groups excluding tert-OH is 2. The van der Waals surface area contributed by atoms with E-state index < -0.39 is 23.7 Å². The summed E-state index contributed by atoms with van der Waals surface area (Å²) in [6.45, 7) is 6.82. The molecule has 2 fully saturated rings. The molecule has 2 aliphatic carbocycles. The number of ether oxygens (including phenoxy) is 1. The first-order valence-corrected chi connectivity index (χ1v) is 12.1. The monoisotopic (exact) mass is 452 g/mol. The molecule has 6 atom stereocenters. The third-order valence-electron chi connectivity index (χ3n) is 7.69. The third kappa shape index (κ3) is 4.91. The van der Waals surface area contributed by atoms with Crippen LogP contribution < -0.4 is 10.6 Å². The van der Waals surface area contributed by atoms with Gasteiger partial charge in [0.05, 0.1) is 19.3 Å². The lowest BCUT2D eigenvalue weighted by Gasteiger charge is -2.60. The van der Waals surface area contributed by atoms with Crippen molar-refractivity contribution in [2.75, 3.05) is 13.2 Å². The molecular weight excluding hydrogens is 416 g/mol. The molecule has 0 saturated heterocycles. The number of fused-ring (bicyclic) bond motifs is 1. The second-order valence-electron chi connectivity index (χ2n) is 9.50. The zero-order valence-corrected chi connectivity index (χ0v) is 19.5. The number of rotatable bonds is 7. The summed E-state index contributed by atoms with van der Waals surface area (Å²) in [7, 11) is 0. The van der Waals surface area contributed by atoms with Crippen LogP contribution in [0.5, 0.6) is 0 Å². The minimum absolute atomic E-state index is 0.0386. The second-order valence-corrected chi connectivity index (χ2v) is 10.5. The van der Waals surface area contributed by atoms with Gasteiger partial charge in [-0.05, 0) is 61.3 Å². The highest BCUT2D eigenvalue weighted by atomic mass is 32.1. The van der Waals surface area contributed by atoms with Crippen LogP contribution >= 0.6 is 11.3 Å². The molecule has 0 aliphatic heterocycles. The fourth-order valence-electron chi connectivity index (χ4n) is 5.97. The van der Waals surface area contributed by atoms with Crippen LogP contribution in [0.4, 0.5) is 4.79 Å². The number of alkyl carbamates (subject to hydrolysis) is 1. The molecule has 0 spiro atoms. The quantitative estimate of drug-likeness (QED) is 0.509. The Hall–Kier alpha value is -1.64. The van der Waals surface area contributed by atoms with Crippen LogP contribution in [-0.2, 0) is 16.1 Å². The summed E-state index contributed by atoms with van der Waals surface area (Å²) >= 11 is 1.60. The predicted octanol–water partition coefficient (Wildman–Crippen LogP) is 3.05. The fourth-order valence-corrected chi connectivity index (χ4v) is 6.61. The molecule has 6 unspecified atom stereocenters. The van der Waals surface area contributed by atoms with Gasteiger partial charge in [0.2, 0.25) is 5.91 Å². The van der Waals surface area contributed by atoms with Gasteiger partial charge in [-0.2, -0.15) is 0 Å². The van der Waals surface area contributed by atoms with Crippen LogP contribution in [-0.4, -0.2) is 47.6 Å². The zero-order valence-electron chi connectivity index (χ0n) is 18.7. The van der Waals surface area contributed by atoms with E-state index in [0.29, 0.717) is 25.9 Å². The molecule has 1 aromatic heterocycles. The van der Waals surface area contributed by atoms with Gasteiger partial charge in [0.15, 0.2) is 0 Å². The molecule has 0 radical (unpaired) electrons. The second kappa shape index (κ2) is 9.88. The van der Waals surface area contributed by atoms with Crippen molar-refractivity contribution in [3.8, 4) is 0 Å². The van der Waals surface area contributed by atoms with Crippen LogP contribution in [0.2, 0.25) is 0 Å². The largest absolute Gasteiger partial charge is 0.446 e. The van der Waals surface area contributed by atoms with Crippen molar-refractivity contribution in [1.29, 1.82) is 0 Å². The zero-order chi connectivity index (χ0) is 22.6. The lowest BCUT2D eigenvalue weighted by Crippen LogP contribution is -2.61. The van der Waals surface area contributed by atoms with Crippen molar-refractivity contribution in [2.45, 2.75) is 71.6 Å². The van der Waals surface area contributed by atoms with E-state index in [1.165, 1.54) is 0 Å². The summed E-state index contributed by atoms with van der Waals surface area (Å²) < 4.78 is 5.70. The van der Waals surface area contributed by atoms with Gasteiger partial charge >= 0.3 is 6.09 Å². The van der Waals surface area contributed by atoms with Crippen molar-refractivity contribution in [3.05, 3.63) is 22.4 Å². The van der Waals surface area contributed by atoms with Crippen LogP contribution in [0.25, 0.3) is 0 Å². The predicted molar refractivity (Wildman–Crippen MR) is 119 cm³/mol. The highest BCUT2D eigenvalue weighted by Gasteiger charge is 2.60. The van der Waals surface area contributed by atoms with E-state index >= 15 is 0 Å². The number of hydrogen-bond acceptors (Lipinski definition) is 6.